The van der Waals surface area contributed by atoms with E-state index in [-0.39, 0.29) is 36.4 Å². The van der Waals surface area contributed by atoms with Gasteiger partial charge < -0.3 is 15.1 Å². The Bertz CT molecular complexity index is 657. The Morgan fingerprint density at radius 1 is 1.29 bits per heavy atom. The summed E-state index contributed by atoms with van der Waals surface area (Å²) >= 11 is 3.49. The number of aliphatic imine (C=N–C) groups is 1. The lowest BCUT2D eigenvalue weighted by molar-refractivity contribution is -0.127. The molecule has 1 aliphatic heterocycles. The molecule has 1 aromatic rings. The highest BCUT2D eigenvalue weighted by atomic mass is 127. The molecule has 1 unspecified atom stereocenters. The van der Waals surface area contributed by atoms with Crippen molar-refractivity contribution in [3.8, 4) is 0 Å². The Kier molecular flexibility index (Phi) is 11.1. The van der Waals surface area contributed by atoms with E-state index in [0.29, 0.717) is 12.6 Å². The van der Waals surface area contributed by atoms with Gasteiger partial charge in [0, 0.05) is 57.3 Å². The van der Waals surface area contributed by atoms with Crippen molar-refractivity contribution in [1.29, 1.82) is 0 Å². The normalized spacial score (nSPS) is 16.1. The summed E-state index contributed by atoms with van der Waals surface area (Å²) in [5.74, 6) is 0.774. The van der Waals surface area contributed by atoms with E-state index in [4.69, 9.17) is 0 Å². The van der Waals surface area contributed by atoms with E-state index >= 15 is 0 Å². The van der Waals surface area contributed by atoms with Gasteiger partial charge >= 0.3 is 0 Å². The fraction of sp³-hybridized carbons (Fsp3) is 0.500. The number of halogens is 2. The Labute approximate surface area is 194 Å². The summed E-state index contributed by atoms with van der Waals surface area (Å²) in [5, 5.41) is 3.28. The molecule has 1 aliphatic rings. The number of hydrogen-bond donors (Lipinski definition) is 1. The lowest BCUT2D eigenvalue weighted by Crippen LogP contribution is -2.53. The lowest BCUT2D eigenvalue weighted by atomic mass is 10.1. The van der Waals surface area contributed by atoms with Gasteiger partial charge in [0.15, 0.2) is 5.96 Å². The van der Waals surface area contributed by atoms with E-state index in [9.17, 15) is 4.79 Å². The Hall–Kier alpha value is -1.13. The molecule has 1 fully saturated rings. The number of guanidine groups is 1. The van der Waals surface area contributed by atoms with Crippen molar-refractivity contribution < 1.29 is 4.79 Å². The SMILES string of the molecule is C=CCNC(=NCC(=O)N(C)C)N1CCN(C(C)c2ccc(Br)cc2)CC1.I. The van der Waals surface area contributed by atoms with Crippen molar-refractivity contribution in [2.45, 2.75) is 13.0 Å². The highest BCUT2D eigenvalue weighted by molar-refractivity contribution is 14.0. The largest absolute Gasteiger partial charge is 0.353 e. The number of hydrogen-bond acceptors (Lipinski definition) is 3. The maximum absolute atomic E-state index is 11.9. The number of carbonyl (C=O) groups excluding carboxylic acids is 1. The smallest absolute Gasteiger partial charge is 0.243 e. The fourth-order valence-corrected chi connectivity index (χ4v) is 3.25. The molecule has 2 rings (SSSR count). The number of nitrogens with zero attached hydrogens (tertiary/aromatic N) is 4. The zero-order valence-corrected chi connectivity index (χ0v) is 20.8. The molecule has 1 saturated heterocycles. The molecule has 1 heterocycles. The van der Waals surface area contributed by atoms with Gasteiger partial charge in [0.2, 0.25) is 5.91 Å². The zero-order valence-electron chi connectivity index (χ0n) is 16.9. The van der Waals surface area contributed by atoms with Crippen molar-refractivity contribution in [2.24, 2.45) is 4.99 Å². The Morgan fingerprint density at radius 3 is 2.43 bits per heavy atom. The van der Waals surface area contributed by atoms with E-state index in [1.807, 2.05) is 0 Å². The number of nitrogens with one attached hydrogen (secondary N) is 1. The average molecular weight is 564 g/mol. The number of benzene rings is 1. The number of rotatable bonds is 6. The van der Waals surface area contributed by atoms with E-state index in [2.05, 4.69) is 73.8 Å². The van der Waals surface area contributed by atoms with Crippen LogP contribution in [0.3, 0.4) is 0 Å². The number of amides is 1. The second kappa shape index (κ2) is 12.4. The molecule has 0 saturated carbocycles. The van der Waals surface area contributed by atoms with Gasteiger partial charge in [0.05, 0.1) is 0 Å². The molecule has 1 aromatic carbocycles. The molecule has 6 nitrogen and oxygen atoms in total. The molecule has 0 radical (unpaired) electrons. The van der Waals surface area contributed by atoms with Crippen molar-refractivity contribution in [1.82, 2.24) is 20.0 Å². The van der Waals surface area contributed by atoms with Crippen molar-refractivity contribution in [3.05, 3.63) is 47.0 Å². The van der Waals surface area contributed by atoms with Crippen LogP contribution in [0.15, 0.2) is 46.4 Å². The van der Waals surface area contributed by atoms with E-state index < -0.39 is 0 Å². The van der Waals surface area contributed by atoms with Gasteiger partial charge in [-0.25, -0.2) is 4.99 Å². The second-order valence-corrected chi connectivity index (χ2v) is 7.76. The predicted octanol–water partition coefficient (Wildman–Crippen LogP) is 2.97. The topological polar surface area (TPSA) is 51.2 Å². The third-order valence-corrected chi connectivity index (χ3v) is 5.31. The first-order valence-corrected chi connectivity index (χ1v) is 10.1. The maximum Gasteiger partial charge on any atom is 0.243 e. The van der Waals surface area contributed by atoms with Crippen LogP contribution in [-0.2, 0) is 4.79 Å². The summed E-state index contributed by atoms with van der Waals surface area (Å²) < 4.78 is 1.10. The van der Waals surface area contributed by atoms with Crippen LogP contribution in [0.4, 0.5) is 0 Å². The van der Waals surface area contributed by atoms with Crippen LogP contribution in [0.2, 0.25) is 0 Å². The van der Waals surface area contributed by atoms with Crippen molar-refractivity contribution >= 4 is 51.8 Å². The van der Waals surface area contributed by atoms with Gasteiger partial charge in [0.1, 0.15) is 6.54 Å². The number of piperazine rings is 1. The molecule has 8 heteroatoms. The first kappa shape index (κ1) is 24.9. The third kappa shape index (κ3) is 7.36. The minimum absolute atomic E-state index is 0. The Morgan fingerprint density at radius 2 is 1.89 bits per heavy atom. The van der Waals surface area contributed by atoms with Crippen molar-refractivity contribution in [3.63, 3.8) is 0 Å². The van der Waals surface area contributed by atoms with E-state index in [1.165, 1.54) is 5.56 Å². The highest BCUT2D eigenvalue weighted by Crippen LogP contribution is 2.23. The van der Waals surface area contributed by atoms with Crippen molar-refractivity contribution in [2.75, 3.05) is 53.4 Å². The molecular formula is C20H31BrIN5O. The van der Waals surface area contributed by atoms with Crippen LogP contribution in [0.1, 0.15) is 18.5 Å². The first-order chi connectivity index (χ1) is 12.9. The minimum atomic E-state index is -0.00426. The van der Waals surface area contributed by atoms with E-state index in [0.717, 1.165) is 36.6 Å². The molecule has 28 heavy (non-hydrogen) atoms. The summed E-state index contributed by atoms with van der Waals surface area (Å²) in [4.78, 5) is 22.6. The molecule has 1 amide bonds. The average Bonchev–Trinajstić information content (AvgIpc) is 2.68. The van der Waals surface area contributed by atoms with Gasteiger partial charge in [0.25, 0.3) is 0 Å². The quantitative estimate of drug-likeness (QED) is 0.250. The predicted molar refractivity (Wildman–Crippen MR) is 130 cm³/mol. The molecule has 1 N–H and O–H groups in total. The summed E-state index contributed by atoms with van der Waals surface area (Å²) in [6.07, 6.45) is 1.80. The summed E-state index contributed by atoms with van der Waals surface area (Å²) in [6.45, 7) is 10.4. The molecule has 0 aliphatic carbocycles. The van der Waals surface area contributed by atoms with Crippen LogP contribution in [0, 0.1) is 0 Å². The van der Waals surface area contributed by atoms with Gasteiger partial charge in [-0.3, -0.25) is 9.69 Å². The Balaban J connectivity index is 0.00000392. The van der Waals surface area contributed by atoms with Crippen LogP contribution >= 0.6 is 39.9 Å². The second-order valence-electron chi connectivity index (χ2n) is 6.85. The summed E-state index contributed by atoms with van der Waals surface area (Å²) in [6, 6.07) is 8.90. The zero-order chi connectivity index (χ0) is 19.8. The van der Waals surface area contributed by atoms with Crippen LogP contribution in [0.25, 0.3) is 0 Å². The summed E-state index contributed by atoms with van der Waals surface area (Å²) in [7, 11) is 3.49. The number of carbonyl (C=O) groups is 1. The molecule has 0 bridgehead atoms. The lowest BCUT2D eigenvalue weighted by Gasteiger charge is -2.39. The monoisotopic (exact) mass is 563 g/mol. The molecule has 0 aromatic heterocycles. The fourth-order valence-electron chi connectivity index (χ4n) is 2.99. The van der Waals surface area contributed by atoms with Gasteiger partial charge in [-0.1, -0.05) is 34.1 Å². The van der Waals surface area contributed by atoms with Gasteiger partial charge in [-0.2, -0.15) is 0 Å². The first-order valence-electron chi connectivity index (χ1n) is 9.26. The van der Waals surface area contributed by atoms with Crippen LogP contribution < -0.4 is 5.32 Å². The van der Waals surface area contributed by atoms with Crippen LogP contribution in [-0.4, -0.2) is 79.9 Å². The molecule has 0 spiro atoms. The molecule has 1 atom stereocenters. The van der Waals surface area contributed by atoms with Gasteiger partial charge in [-0.05, 0) is 24.6 Å². The minimum Gasteiger partial charge on any atom is -0.353 e. The van der Waals surface area contributed by atoms with Gasteiger partial charge in [-0.15, -0.1) is 30.6 Å². The summed E-state index contributed by atoms with van der Waals surface area (Å²) in [5.41, 5.74) is 1.32. The highest BCUT2D eigenvalue weighted by Gasteiger charge is 2.24. The van der Waals surface area contributed by atoms with E-state index in [1.54, 1.807) is 25.1 Å². The molecule has 156 valence electrons. The molecular weight excluding hydrogens is 533 g/mol. The number of likely N-dealkylation sites (N-methyl/N-ethyl adjacent to an activating group) is 1. The maximum atomic E-state index is 11.9. The van der Waals surface area contributed by atoms with Crippen LogP contribution in [0.5, 0.6) is 0 Å². The third-order valence-electron chi connectivity index (χ3n) is 4.78. The standard InChI is InChI=1S/C20H30BrN5O.HI/c1-5-10-22-20(23-15-19(27)24(3)4)26-13-11-25(12-14-26)16(2)17-6-8-18(21)9-7-17;/h5-9,16H,1,10-15H2,2-4H3,(H,22,23);1H.